The molecule has 0 saturated carbocycles. The largest absolute Gasteiger partial charge is 0.507 e. The molecule has 1 heterocycles. The quantitative estimate of drug-likeness (QED) is 0.497. The van der Waals surface area contributed by atoms with Gasteiger partial charge in [-0.25, -0.2) is 0 Å². The molecule has 3 heteroatoms. The minimum atomic E-state index is 0.350. The van der Waals surface area contributed by atoms with Gasteiger partial charge in [0.15, 0.2) is 0 Å². The van der Waals surface area contributed by atoms with Gasteiger partial charge in [-0.15, -0.1) is 0 Å². The zero-order chi connectivity index (χ0) is 15.4. The first-order chi connectivity index (χ1) is 10.8. The van der Waals surface area contributed by atoms with Crippen LogP contribution in [0.3, 0.4) is 0 Å². The molecule has 22 heavy (non-hydrogen) atoms. The fourth-order valence-electron chi connectivity index (χ4n) is 2.37. The van der Waals surface area contributed by atoms with Gasteiger partial charge in [0, 0.05) is 22.5 Å². The van der Waals surface area contributed by atoms with Crippen LogP contribution in [0.15, 0.2) is 72.9 Å². The van der Waals surface area contributed by atoms with Crippen molar-refractivity contribution in [2.75, 3.05) is 0 Å². The number of hydrogen-bond donors (Lipinski definition) is 2. The van der Waals surface area contributed by atoms with E-state index < -0.39 is 0 Å². The Kier molecular flexibility index (Phi) is 3.76. The fraction of sp³-hybridized carbons (Fsp3) is 0. The first-order valence-electron chi connectivity index (χ1n) is 6.92. The third-order valence-electron chi connectivity index (χ3n) is 3.48. The van der Waals surface area contributed by atoms with E-state index in [2.05, 4.69) is 11.1 Å². The van der Waals surface area contributed by atoms with Gasteiger partial charge in [-0.2, -0.15) is 5.26 Å². The topological polar surface area (TPSA) is 59.8 Å². The summed E-state index contributed by atoms with van der Waals surface area (Å²) in [6.07, 6.45) is 1.73. The van der Waals surface area contributed by atoms with Crippen LogP contribution in [0.2, 0.25) is 0 Å². The third-order valence-corrected chi connectivity index (χ3v) is 3.48. The minimum Gasteiger partial charge on any atom is -0.507 e. The Hall–Kier alpha value is -3.25. The number of hydrogen-bond acceptors (Lipinski definition) is 2. The normalized spacial score (nSPS) is 9.95. The molecule has 0 amide bonds. The Balaban J connectivity index is 0.000000131. The van der Waals surface area contributed by atoms with Gasteiger partial charge in [0.05, 0.1) is 5.56 Å². The maximum atomic E-state index is 9.37. The fourth-order valence-corrected chi connectivity index (χ4v) is 2.37. The van der Waals surface area contributed by atoms with Crippen LogP contribution in [0, 0.1) is 11.3 Å². The van der Waals surface area contributed by atoms with E-state index in [9.17, 15) is 5.11 Å². The lowest BCUT2D eigenvalue weighted by Gasteiger charge is -1.97. The summed E-state index contributed by atoms with van der Waals surface area (Å²) in [6.45, 7) is 0. The molecule has 1 aromatic heterocycles. The number of para-hydroxylation sites is 1. The molecule has 106 valence electrons. The zero-order valence-electron chi connectivity index (χ0n) is 11.8. The number of aromatic amines is 1. The molecule has 0 fully saturated rings. The second kappa shape index (κ2) is 6.02. The monoisotopic (exact) mass is 286 g/mol. The van der Waals surface area contributed by atoms with Crippen molar-refractivity contribution in [1.29, 1.82) is 5.26 Å². The zero-order valence-corrected chi connectivity index (χ0v) is 11.8. The number of fused-ring (bicyclic) bond motifs is 2. The molecule has 0 radical (unpaired) electrons. The molecule has 3 aromatic carbocycles. The summed E-state index contributed by atoms with van der Waals surface area (Å²) in [5, 5.41) is 21.0. The van der Waals surface area contributed by atoms with Gasteiger partial charge in [-0.3, -0.25) is 0 Å². The molecule has 4 rings (SSSR count). The standard InChI is InChI=1S/C10H8O.C9H6N2/c11-10-7-3-5-8-4-1-2-6-9(8)10;10-5-7-6-11-9-4-2-1-3-8(7)9/h1-7,11H;1-4,6,11H. The maximum absolute atomic E-state index is 9.37. The lowest BCUT2D eigenvalue weighted by atomic mass is 10.1. The molecule has 4 aromatic rings. The summed E-state index contributed by atoms with van der Waals surface area (Å²) in [6, 6.07) is 23.2. The molecular weight excluding hydrogens is 272 g/mol. The van der Waals surface area contributed by atoms with Crippen LogP contribution >= 0.6 is 0 Å². The van der Waals surface area contributed by atoms with Crippen LogP contribution in [0.4, 0.5) is 0 Å². The van der Waals surface area contributed by atoms with E-state index in [-0.39, 0.29) is 0 Å². The highest BCUT2D eigenvalue weighted by Gasteiger charge is 1.99. The Labute approximate surface area is 128 Å². The van der Waals surface area contributed by atoms with Crippen LogP contribution in [-0.4, -0.2) is 10.1 Å². The van der Waals surface area contributed by atoms with Crippen molar-refractivity contribution in [1.82, 2.24) is 4.98 Å². The van der Waals surface area contributed by atoms with Gasteiger partial charge in [0.25, 0.3) is 0 Å². The van der Waals surface area contributed by atoms with E-state index in [0.717, 1.165) is 21.7 Å². The second-order valence-electron chi connectivity index (χ2n) is 4.86. The van der Waals surface area contributed by atoms with Gasteiger partial charge in [-0.1, -0.05) is 54.6 Å². The van der Waals surface area contributed by atoms with Crippen molar-refractivity contribution in [3.63, 3.8) is 0 Å². The number of nitrogens with zero attached hydrogens (tertiary/aromatic N) is 1. The number of H-pyrrole nitrogens is 1. The lowest BCUT2D eigenvalue weighted by molar-refractivity contribution is 0.481. The van der Waals surface area contributed by atoms with Crippen LogP contribution < -0.4 is 0 Å². The molecule has 0 aliphatic heterocycles. The Morgan fingerprint density at radius 3 is 2.27 bits per heavy atom. The number of aromatic hydroxyl groups is 1. The Morgan fingerprint density at radius 2 is 1.50 bits per heavy atom. The average Bonchev–Trinajstić information content (AvgIpc) is 2.99. The lowest BCUT2D eigenvalue weighted by Crippen LogP contribution is -1.70. The van der Waals surface area contributed by atoms with E-state index >= 15 is 0 Å². The van der Waals surface area contributed by atoms with Crippen molar-refractivity contribution in [3.8, 4) is 11.8 Å². The predicted molar refractivity (Wildman–Crippen MR) is 88.6 cm³/mol. The van der Waals surface area contributed by atoms with Crippen molar-refractivity contribution >= 4 is 21.7 Å². The first kappa shape index (κ1) is 13.7. The Bertz CT molecular complexity index is 952. The molecule has 0 saturated heterocycles. The van der Waals surface area contributed by atoms with Gasteiger partial charge < -0.3 is 10.1 Å². The third kappa shape index (κ3) is 2.63. The van der Waals surface area contributed by atoms with Gasteiger partial charge >= 0.3 is 0 Å². The SMILES string of the molecule is N#Cc1c[nH]c2ccccc12.Oc1cccc2ccccc12. The minimum absolute atomic E-state index is 0.350. The van der Waals surface area contributed by atoms with Gasteiger partial charge in [0.2, 0.25) is 0 Å². The van der Waals surface area contributed by atoms with E-state index in [1.54, 1.807) is 12.3 Å². The highest BCUT2D eigenvalue weighted by atomic mass is 16.3. The summed E-state index contributed by atoms with van der Waals surface area (Å²) in [5.41, 5.74) is 1.73. The molecule has 0 aliphatic rings. The summed E-state index contributed by atoms with van der Waals surface area (Å²) < 4.78 is 0. The molecule has 0 aliphatic carbocycles. The average molecular weight is 286 g/mol. The van der Waals surface area contributed by atoms with E-state index in [1.165, 1.54) is 0 Å². The predicted octanol–water partition coefficient (Wildman–Crippen LogP) is 4.58. The van der Waals surface area contributed by atoms with Crippen LogP contribution in [0.1, 0.15) is 5.56 Å². The highest BCUT2D eigenvalue weighted by molar-refractivity contribution is 5.87. The van der Waals surface area contributed by atoms with E-state index in [0.29, 0.717) is 11.3 Å². The van der Waals surface area contributed by atoms with E-state index in [1.807, 2.05) is 60.7 Å². The van der Waals surface area contributed by atoms with Crippen molar-refractivity contribution in [2.24, 2.45) is 0 Å². The molecular formula is C19H14N2O. The van der Waals surface area contributed by atoms with Crippen LogP contribution in [0.25, 0.3) is 21.7 Å². The molecule has 3 nitrogen and oxygen atoms in total. The summed E-state index contributed by atoms with van der Waals surface area (Å²) in [7, 11) is 0. The molecule has 0 unspecified atom stereocenters. The maximum Gasteiger partial charge on any atom is 0.123 e. The summed E-state index contributed by atoms with van der Waals surface area (Å²) in [5.74, 6) is 0.350. The smallest absolute Gasteiger partial charge is 0.123 e. The van der Waals surface area contributed by atoms with Gasteiger partial charge in [0.1, 0.15) is 11.8 Å². The first-order valence-corrected chi connectivity index (χ1v) is 6.92. The van der Waals surface area contributed by atoms with Crippen LogP contribution in [0.5, 0.6) is 5.75 Å². The number of aromatic nitrogens is 1. The number of phenols is 1. The number of nitriles is 1. The summed E-state index contributed by atoms with van der Waals surface area (Å²) >= 11 is 0. The van der Waals surface area contributed by atoms with Crippen molar-refractivity contribution < 1.29 is 5.11 Å². The number of benzene rings is 3. The molecule has 0 bridgehead atoms. The Morgan fingerprint density at radius 1 is 0.818 bits per heavy atom. The molecule has 0 spiro atoms. The van der Waals surface area contributed by atoms with E-state index in [4.69, 9.17) is 5.26 Å². The number of nitrogens with one attached hydrogen (secondary N) is 1. The van der Waals surface area contributed by atoms with Gasteiger partial charge in [-0.05, 0) is 17.5 Å². The number of rotatable bonds is 0. The van der Waals surface area contributed by atoms with Crippen molar-refractivity contribution in [2.45, 2.75) is 0 Å². The molecule has 0 atom stereocenters. The van der Waals surface area contributed by atoms with Crippen LogP contribution in [-0.2, 0) is 0 Å². The summed E-state index contributed by atoms with van der Waals surface area (Å²) in [4.78, 5) is 3.02. The number of phenolic OH excluding ortho intramolecular Hbond substituents is 1. The highest BCUT2D eigenvalue weighted by Crippen LogP contribution is 2.22. The van der Waals surface area contributed by atoms with Crippen molar-refractivity contribution in [3.05, 3.63) is 78.5 Å². The second-order valence-corrected chi connectivity index (χ2v) is 4.86. The molecule has 2 N–H and O–H groups in total.